The van der Waals surface area contributed by atoms with Crippen LogP contribution in [-0.2, 0) is 13.0 Å². The van der Waals surface area contributed by atoms with Gasteiger partial charge in [0, 0.05) is 48.5 Å². The van der Waals surface area contributed by atoms with Crippen molar-refractivity contribution >= 4 is 28.2 Å². The first-order valence-corrected chi connectivity index (χ1v) is 11.2. The molecule has 0 atom stereocenters. The van der Waals surface area contributed by atoms with Crippen LogP contribution in [0.4, 0.5) is 5.69 Å². The van der Waals surface area contributed by atoms with Gasteiger partial charge in [0.05, 0.1) is 5.52 Å². The number of anilines is 1. The normalized spacial score (nSPS) is 11.2. The lowest BCUT2D eigenvalue weighted by Gasteiger charge is -2.23. The minimum absolute atomic E-state index is 0.715. The molecule has 158 valence electrons. The lowest BCUT2D eigenvalue weighted by Crippen LogP contribution is -2.28. The second kappa shape index (κ2) is 10.9. The molecule has 4 rings (SSSR count). The largest absolute Gasteiger partial charge is 0.384 e. The topological polar surface area (TPSA) is 28.2 Å². The van der Waals surface area contributed by atoms with Crippen LogP contribution in [0, 0.1) is 0 Å². The van der Waals surface area contributed by atoms with E-state index < -0.39 is 0 Å². The zero-order valence-corrected chi connectivity index (χ0v) is 18.4. The van der Waals surface area contributed by atoms with Crippen molar-refractivity contribution in [2.75, 3.05) is 25.0 Å². The van der Waals surface area contributed by atoms with Crippen molar-refractivity contribution in [3.8, 4) is 0 Å². The maximum absolute atomic E-state index is 6.11. The van der Waals surface area contributed by atoms with E-state index >= 15 is 0 Å². The molecule has 4 heteroatoms. The molecule has 0 saturated heterocycles. The molecule has 1 aromatic heterocycles. The molecule has 31 heavy (non-hydrogen) atoms. The first kappa shape index (κ1) is 21.4. The number of nitrogens with one attached hydrogen (secondary N) is 1. The Hall–Kier alpha value is -2.88. The molecule has 3 nitrogen and oxygen atoms in total. The molecule has 1 heterocycles. The van der Waals surface area contributed by atoms with Gasteiger partial charge in [-0.2, -0.15) is 0 Å². The van der Waals surface area contributed by atoms with E-state index in [9.17, 15) is 0 Å². The molecular formula is C27H28ClN3. The zero-order valence-electron chi connectivity index (χ0n) is 17.7. The van der Waals surface area contributed by atoms with Crippen molar-refractivity contribution in [1.82, 2.24) is 9.88 Å². The number of halogens is 1. The molecule has 0 amide bonds. The van der Waals surface area contributed by atoms with Crippen molar-refractivity contribution in [3.05, 3.63) is 107 Å². The summed E-state index contributed by atoms with van der Waals surface area (Å²) in [5, 5.41) is 5.41. The fourth-order valence-corrected chi connectivity index (χ4v) is 4.01. The summed E-state index contributed by atoms with van der Waals surface area (Å²) < 4.78 is 0. The van der Waals surface area contributed by atoms with Crippen LogP contribution in [0.5, 0.6) is 0 Å². The van der Waals surface area contributed by atoms with E-state index in [0.29, 0.717) is 5.02 Å². The van der Waals surface area contributed by atoms with Gasteiger partial charge >= 0.3 is 0 Å². The molecule has 4 aromatic rings. The standard InChI is InChI=1S/C27H28ClN3/c28-24-12-13-25-26(14-17-30-27(25)20-24)29-16-7-18-31(21-23-10-5-2-6-11-23)19-15-22-8-3-1-4-9-22/h1-6,8-14,17,20H,7,15-16,18-19,21H2,(H,29,30). The van der Waals surface area contributed by atoms with E-state index in [-0.39, 0.29) is 0 Å². The van der Waals surface area contributed by atoms with Crippen LogP contribution in [0.25, 0.3) is 10.9 Å². The van der Waals surface area contributed by atoms with E-state index in [2.05, 4.69) is 75.9 Å². The number of benzene rings is 3. The van der Waals surface area contributed by atoms with Gasteiger partial charge in [0.2, 0.25) is 0 Å². The third-order valence-corrected chi connectivity index (χ3v) is 5.71. The second-order valence-electron chi connectivity index (χ2n) is 7.80. The molecule has 0 radical (unpaired) electrons. The summed E-state index contributed by atoms with van der Waals surface area (Å²) in [6, 6.07) is 29.4. The maximum Gasteiger partial charge on any atom is 0.0737 e. The average Bonchev–Trinajstić information content (AvgIpc) is 2.81. The van der Waals surface area contributed by atoms with Crippen LogP contribution in [0.2, 0.25) is 5.02 Å². The summed E-state index contributed by atoms with van der Waals surface area (Å²) in [7, 11) is 0. The molecular weight excluding hydrogens is 402 g/mol. The first-order chi connectivity index (χ1) is 15.3. The van der Waals surface area contributed by atoms with Crippen LogP contribution in [0.15, 0.2) is 91.1 Å². The summed E-state index contributed by atoms with van der Waals surface area (Å²) in [6.45, 7) is 3.99. The highest BCUT2D eigenvalue weighted by molar-refractivity contribution is 6.31. The number of hydrogen-bond donors (Lipinski definition) is 1. The van der Waals surface area contributed by atoms with Crippen LogP contribution >= 0.6 is 11.6 Å². The Kier molecular flexibility index (Phi) is 7.54. The monoisotopic (exact) mass is 429 g/mol. The lowest BCUT2D eigenvalue weighted by atomic mass is 10.1. The predicted octanol–water partition coefficient (Wildman–Crippen LogP) is 6.44. The number of nitrogens with zero attached hydrogens (tertiary/aromatic N) is 2. The van der Waals surface area contributed by atoms with Crippen molar-refractivity contribution in [3.63, 3.8) is 0 Å². The summed E-state index contributed by atoms with van der Waals surface area (Å²) in [5.74, 6) is 0. The second-order valence-corrected chi connectivity index (χ2v) is 8.23. The highest BCUT2D eigenvalue weighted by Gasteiger charge is 2.07. The van der Waals surface area contributed by atoms with Crippen molar-refractivity contribution < 1.29 is 0 Å². The highest BCUT2D eigenvalue weighted by Crippen LogP contribution is 2.24. The smallest absolute Gasteiger partial charge is 0.0737 e. The van der Waals surface area contributed by atoms with Gasteiger partial charge in [0.1, 0.15) is 0 Å². The van der Waals surface area contributed by atoms with Gasteiger partial charge in [-0.1, -0.05) is 72.3 Å². The molecule has 0 spiro atoms. The fraction of sp³-hybridized carbons (Fsp3) is 0.222. The van der Waals surface area contributed by atoms with Crippen LogP contribution in [-0.4, -0.2) is 29.5 Å². The van der Waals surface area contributed by atoms with Gasteiger partial charge in [0.25, 0.3) is 0 Å². The Morgan fingerprint density at radius 3 is 2.32 bits per heavy atom. The third kappa shape index (κ3) is 6.30. The maximum atomic E-state index is 6.11. The molecule has 0 fully saturated rings. The van der Waals surface area contributed by atoms with Crippen LogP contribution < -0.4 is 5.32 Å². The van der Waals surface area contributed by atoms with Gasteiger partial charge in [-0.3, -0.25) is 9.88 Å². The van der Waals surface area contributed by atoms with Crippen LogP contribution in [0.1, 0.15) is 17.5 Å². The zero-order chi connectivity index (χ0) is 21.3. The van der Waals surface area contributed by atoms with Crippen molar-refractivity contribution in [1.29, 1.82) is 0 Å². The third-order valence-electron chi connectivity index (χ3n) is 5.48. The van der Waals surface area contributed by atoms with E-state index in [4.69, 9.17) is 11.6 Å². The van der Waals surface area contributed by atoms with Gasteiger partial charge in [-0.05, 0) is 48.2 Å². The number of hydrogen-bond acceptors (Lipinski definition) is 3. The Bertz CT molecular complexity index is 1080. The minimum atomic E-state index is 0.715. The Morgan fingerprint density at radius 1 is 0.806 bits per heavy atom. The molecule has 0 aliphatic rings. The Morgan fingerprint density at radius 2 is 1.55 bits per heavy atom. The number of rotatable bonds is 10. The van der Waals surface area contributed by atoms with Gasteiger partial charge in [-0.25, -0.2) is 0 Å². The number of aromatic nitrogens is 1. The lowest BCUT2D eigenvalue weighted by molar-refractivity contribution is 0.268. The van der Waals surface area contributed by atoms with E-state index in [1.807, 2.05) is 30.5 Å². The van der Waals surface area contributed by atoms with E-state index in [1.54, 1.807) is 0 Å². The molecule has 0 aliphatic heterocycles. The molecule has 0 aliphatic carbocycles. The molecule has 0 unspecified atom stereocenters. The summed E-state index contributed by atoms with van der Waals surface area (Å²) in [5.41, 5.74) is 4.78. The number of fused-ring (bicyclic) bond motifs is 1. The predicted molar refractivity (Wildman–Crippen MR) is 132 cm³/mol. The Balaban J connectivity index is 1.34. The van der Waals surface area contributed by atoms with Gasteiger partial charge in [0.15, 0.2) is 0 Å². The molecule has 0 bridgehead atoms. The van der Waals surface area contributed by atoms with E-state index in [0.717, 1.165) is 55.6 Å². The number of pyridine rings is 1. The quantitative estimate of drug-likeness (QED) is 0.294. The average molecular weight is 430 g/mol. The summed E-state index contributed by atoms with van der Waals surface area (Å²) >= 11 is 6.11. The fourth-order valence-electron chi connectivity index (χ4n) is 3.84. The molecule has 0 saturated carbocycles. The van der Waals surface area contributed by atoms with Crippen molar-refractivity contribution in [2.24, 2.45) is 0 Å². The summed E-state index contributed by atoms with van der Waals surface area (Å²) in [6.07, 6.45) is 3.97. The van der Waals surface area contributed by atoms with Gasteiger partial charge < -0.3 is 5.32 Å². The molecule has 1 N–H and O–H groups in total. The van der Waals surface area contributed by atoms with Crippen molar-refractivity contribution in [2.45, 2.75) is 19.4 Å². The summed E-state index contributed by atoms with van der Waals surface area (Å²) in [4.78, 5) is 6.98. The first-order valence-electron chi connectivity index (χ1n) is 10.9. The Labute approximate surface area is 189 Å². The minimum Gasteiger partial charge on any atom is -0.384 e. The molecule has 3 aromatic carbocycles. The van der Waals surface area contributed by atoms with E-state index in [1.165, 1.54) is 11.1 Å². The SMILES string of the molecule is Clc1ccc2c(NCCCN(CCc3ccccc3)Cc3ccccc3)ccnc2c1. The van der Waals surface area contributed by atoms with Crippen LogP contribution in [0.3, 0.4) is 0 Å². The van der Waals surface area contributed by atoms with Gasteiger partial charge in [-0.15, -0.1) is 0 Å². The highest BCUT2D eigenvalue weighted by atomic mass is 35.5.